The summed E-state index contributed by atoms with van der Waals surface area (Å²) in [4.78, 5) is 11.3. The molecule has 1 N–H and O–H groups in total. The number of hydrogen-bond donors (Lipinski definition) is 1. The van der Waals surface area contributed by atoms with Crippen LogP contribution in [0.5, 0.6) is 0 Å². The van der Waals surface area contributed by atoms with E-state index >= 15 is 0 Å². The van der Waals surface area contributed by atoms with Gasteiger partial charge in [-0.1, -0.05) is 84.6 Å². The fourth-order valence-corrected chi connectivity index (χ4v) is 3.76. The first-order valence-corrected chi connectivity index (χ1v) is 10.7. The topological polar surface area (TPSA) is 37.3 Å². The minimum absolute atomic E-state index is 0.0266. The van der Waals surface area contributed by atoms with Gasteiger partial charge in [0.2, 0.25) is 0 Å². The van der Waals surface area contributed by atoms with Gasteiger partial charge in [-0.2, -0.15) is 0 Å². The fourth-order valence-electron chi connectivity index (χ4n) is 3.76. The van der Waals surface area contributed by atoms with Crippen molar-refractivity contribution in [1.82, 2.24) is 0 Å². The molecule has 0 radical (unpaired) electrons. The quantitative estimate of drug-likeness (QED) is 0.450. The van der Waals surface area contributed by atoms with Crippen LogP contribution in [0.4, 0.5) is 0 Å². The second-order valence-corrected chi connectivity index (χ2v) is 10.5. The van der Waals surface area contributed by atoms with Crippen LogP contribution < -0.4 is 0 Å². The van der Waals surface area contributed by atoms with Crippen LogP contribution in [-0.4, -0.2) is 11.1 Å². The Morgan fingerprint density at radius 2 is 1.50 bits per heavy atom. The molecule has 2 heteroatoms. The van der Waals surface area contributed by atoms with Crippen LogP contribution in [0, 0.1) is 10.8 Å². The molecule has 0 aromatic heterocycles. The van der Waals surface area contributed by atoms with E-state index < -0.39 is 5.97 Å². The minimum Gasteiger partial charge on any atom is -0.478 e. The summed E-state index contributed by atoms with van der Waals surface area (Å²) in [5, 5.41) is 9.29. The fraction of sp³-hybridized carbons (Fsp3) is 0.464. The second kappa shape index (κ2) is 10.1. The number of hydrogen-bond acceptors (Lipinski definition) is 1. The van der Waals surface area contributed by atoms with Crippen LogP contribution in [0.1, 0.15) is 74.7 Å². The van der Waals surface area contributed by atoms with E-state index in [4.69, 9.17) is 0 Å². The first kappa shape index (κ1) is 25.7. The molecule has 2 nitrogen and oxygen atoms in total. The Hall–Kier alpha value is -2.35. The van der Waals surface area contributed by atoms with Gasteiger partial charge in [-0.15, -0.1) is 0 Å². The average Bonchev–Trinajstić information content (AvgIpc) is 2.55. The minimum atomic E-state index is -0.901. The molecule has 1 rings (SSSR count). The van der Waals surface area contributed by atoms with Gasteiger partial charge in [-0.25, -0.2) is 4.79 Å². The lowest BCUT2D eigenvalue weighted by Crippen LogP contribution is -2.14. The normalized spacial score (nSPS) is 21.3. The van der Waals surface area contributed by atoms with Crippen LogP contribution in [0.2, 0.25) is 0 Å². The molecular weight excluding hydrogens is 368 g/mol. The number of carbonyl (C=O) groups is 1. The molecular formula is C28H40O2. The molecule has 164 valence electrons. The lowest BCUT2D eigenvalue weighted by atomic mass is 9.77. The molecule has 0 amide bonds. The lowest BCUT2D eigenvalue weighted by molar-refractivity contribution is -0.132. The maximum atomic E-state index is 11.3. The third-order valence-corrected chi connectivity index (χ3v) is 5.20. The molecule has 0 saturated carbocycles. The van der Waals surface area contributed by atoms with Gasteiger partial charge in [-0.3, -0.25) is 0 Å². The maximum absolute atomic E-state index is 11.3. The molecule has 0 atom stereocenters. The van der Waals surface area contributed by atoms with Crippen LogP contribution in [0.25, 0.3) is 0 Å². The zero-order chi connectivity index (χ0) is 23.3. The van der Waals surface area contributed by atoms with E-state index in [1.807, 2.05) is 6.08 Å². The van der Waals surface area contributed by atoms with E-state index in [9.17, 15) is 9.90 Å². The molecule has 0 aliphatic heterocycles. The highest BCUT2D eigenvalue weighted by Gasteiger charge is 2.21. The first-order valence-electron chi connectivity index (χ1n) is 10.7. The molecule has 30 heavy (non-hydrogen) atoms. The molecule has 0 fully saturated rings. The van der Waals surface area contributed by atoms with E-state index in [2.05, 4.69) is 80.7 Å². The standard InChI is InChI=1S/C28H40O2/c1-19(17-25(28(8,9)10)20(2)18-27(5,6)7)21(3)22(4)23-13-11-12-14-24(16-15-23)26(29)30/h13-17H,3-4,11-12,18H2,1-2,5-10H3,(H,29,30)/b16-15-,19-17-,23-13+,24-14-,25-20-. The maximum Gasteiger partial charge on any atom is 0.335 e. The van der Waals surface area contributed by atoms with Crippen molar-refractivity contribution in [1.29, 1.82) is 0 Å². The van der Waals surface area contributed by atoms with Gasteiger partial charge in [0, 0.05) is 0 Å². The summed E-state index contributed by atoms with van der Waals surface area (Å²) in [5.74, 6) is -0.901. The highest BCUT2D eigenvalue weighted by molar-refractivity contribution is 5.90. The Labute approximate surface area is 184 Å². The number of rotatable bonds is 6. The Morgan fingerprint density at radius 3 is 1.97 bits per heavy atom. The van der Waals surface area contributed by atoms with Crippen LogP contribution in [0.3, 0.4) is 0 Å². The molecule has 0 bridgehead atoms. The SMILES string of the molecule is C=C(C(=C)C1=C/CC/C=C(C(=O)O)/C=C\1)/C(C)=C\C(=C(/C)CC(C)(C)C)C(C)(C)C. The number of carboxylic acid groups (broad SMARTS) is 1. The van der Waals surface area contributed by atoms with Crippen molar-refractivity contribution in [2.24, 2.45) is 10.8 Å². The monoisotopic (exact) mass is 408 g/mol. The Kier molecular flexibility index (Phi) is 8.65. The molecule has 0 spiro atoms. The van der Waals surface area contributed by atoms with Gasteiger partial charge < -0.3 is 5.11 Å². The van der Waals surface area contributed by atoms with E-state index in [0.717, 1.165) is 35.1 Å². The molecule has 0 unspecified atom stereocenters. The third kappa shape index (κ3) is 7.82. The Bertz CT molecular complexity index is 853. The van der Waals surface area contributed by atoms with E-state index in [-0.39, 0.29) is 10.8 Å². The summed E-state index contributed by atoms with van der Waals surface area (Å²) in [5.41, 5.74) is 7.06. The van der Waals surface area contributed by atoms with Crippen LogP contribution in [0.15, 0.2) is 82.5 Å². The summed E-state index contributed by atoms with van der Waals surface area (Å²) < 4.78 is 0. The second-order valence-electron chi connectivity index (χ2n) is 10.5. The van der Waals surface area contributed by atoms with E-state index in [1.165, 1.54) is 11.1 Å². The number of aliphatic carboxylic acids is 1. The highest BCUT2D eigenvalue weighted by atomic mass is 16.4. The van der Waals surface area contributed by atoms with Crippen LogP contribution >= 0.6 is 0 Å². The summed E-state index contributed by atoms with van der Waals surface area (Å²) in [7, 11) is 0. The van der Waals surface area contributed by atoms with Crippen molar-refractivity contribution in [3.05, 3.63) is 82.5 Å². The largest absolute Gasteiger partial charge is 0.478 e. The number of carboxylic acids is 1. The van der Waals surface area contributed by atoms with Gasteiger partial charge >= 0.3 is 5.97 Å². The van der Waals surface area contributed by atoms with E-state index in [1.54, 1.807) is 12.2 Å². The Balaban J connectivity index is 3.25. The van der Waals surface area contributed by atoms with Crippen molar-refractivity contribution < 1.29 is 9.90 Å². The average molecular weight is 409 g/mol. The molecule has 0 saturated heterocycles. The molecule has 1 aliphatic carbocycles. The molecule has 0 aromatic carbocycles. The predicted octanol–water partition coefficient (Wildman–Crippen LogP) is 8.13. The number of allylic oxidation sites excluding steroid dienone is 10. The lowest BCUT2D eigenvalue weighted by Gasteiger charge is -2.28. The predicted molar refractivity (Wildman–Crippen MR) is 130 cm³/mol. The van der Waals surface area contributed by atoms with Crippen molar-refractivity contribution >= 4 is 5.97 Å². The van der Waals surface area contributed by atoms with Crippen molar-refractivity contribution in [3.8, 4) is 0 Å². The highest BCUT2D eigenvalue weighted by Crippen LogP contribution is 2.36. The van der Waals surface area contributed by atoms with Gasteiger partial charge in [-0.05, 0) is 77.9 Å². The summed E-state index contributed by atoms with van der Waals surface area (Å²) >= 11 is 0. The summed E-state index contributed by atoms with van der Waals surface area (Å²) in [6, 6.07) is 0. The smallest absolute Gasteiger partial charge is 0.335 e. The summed E-state index contributed by atoms with van der Waals surface area (Å²) in [6.07, 6.45) is 12.1. The molecule has 0 aromatic rings. The Morgan fingerprint density at radius 1 is 1.00 bits per heavy atom. The van der Waals surface area contributed by atoms with Crippen LogP contribution in [-0.2, 0) is 4.79 Å². The zero-order valence-corrected chi connectivity index (χ0v) is 20.3. The first-order chi connectivity index (χ1) is 13.6. The third-order valence-electron chi connectivity index (χ3n) is 5.20. The van der Waals surface area contributed by atoms with Gasteiger partial charge in [0.25, 0.3) is 0 Å². The molecule has 1 aliphatic rings. The van der Waals surface area contributed by atoms with Crippen molar-refractivity contribution in [2.45, 2.75) is 74.7 Å². The summed E-state index contributed by atoms with van der Waals surface area (Å²) in [6.45, 7) is 26.4. The van der Waals surface area contributed by atoms with Crippen molar-refractivity contribution in [3.63, 3.8) is 0 Å². The van der Waals surface area contributed by atoms with Gasteiger partial charge in [0.1, 0.15) is 0 Å². The van der Waals surface area contributed by atoms with E-state index in [0.29, 0.717) is 12.0 Å². The molecule has 0 heterocycles. The van der Waals surface area contributed by atoms with Gasteiger partial charge in [0.05, 0.1) is 5.57 Å². The zero-order valence-electron chi connectivity index (χ0n) is 20.3. The van der Waals surface area contributed by atoms with Gasteiger partial charge in [0.15, 0.2) is 0 Å². The van der Waals surface area contributed by atoms with Crippen molar-refractivity contribution in [2.75, 3.05) is 0 Å².